The summed E-state index contributed by atoms with van der Waals surface area (Å²) in [5.41, 5.74) is 1.12. The molecule has 0 radical (unpaired) electrons. The van der Waals surface area contributed by atoms with Crippen molar-refractivity contribution >= 4 is 11.8 Å². The summed E-state index contributed by atoms with van der Waals surface area (Å²) >= 11 is 0. The Morgan fingerprint density at radius 2 is 2.14 bits per heavy atom. The molecule has 1 N–H and O–H groups in total. The summed E-state index contributed by atoms with van der Waals surface area (Å²) in [6, 6.07) is 0. The van der Waals surface area contributed by atoms with Crippen LogP contribution >= 0.6 is 0 Å². The number of piperidine rings is 1. The van der Waals surface area contributed by atoms with Crippen molar-refractivity contribution < 1.29 is 14.1 Å². The van der Waals surface area contributed by atoms with Gasteiger partial charge in [-0.3, -0.25) is 9.59 Å². The quantitative estimate of drug-likeness (QED) is 0.788. The first-order valence-electron chi connectivity index (χ1n) is 10.0. The number of amides is 2. The van der Waals surface area contributed by atoms with Crippen molar-refractivity contribution in [2.45, 2.75) is 58.3 Å². The molecule has 0 aromatic carbocycles. The summed E-state index contributed by atoms with van der Waals surface area (Å²) in [7, 11) is 1.58. The van der Waals surface area contributed by atoms with Gasteiger partial charge in [-0.1, -0.05) is 19.0 Å². The number of aryl methyl sites for hydroxylation is 2. The Labute approximate surface area is 170 Å². The normalized spacial score (nSPS) is 16.9. The third-order valence-corrected chi connectivity index (χ3v) is 5.16. The summed E-state index contributed by atoms with van der Waals surface area (Å²) in [5, 5.41) is 6.52. The fourth-order valence-corrected chi connectivity index (χ4v) is 3.43. The van der Waals surface area contributed by atoms with Crippen molar-refractivity contribution in [2.24, 2.45) is 0 Å². The maximum absolute atomic E-state index is 12.7. The first kappa shape index (κ1) is 20.9. The van der Waals surface area contributed by atoms with E-state index in [-0.39, 0.29) is 23.7 Å². The van der Waals surface area contributed by atoms with Crippen LogP contribution in [0.15, 0.2) is 10.7 Å². The molecule has 2 amide bonds. The van der Waals surface area contributed by atoms with E-state index in [0.29, 0.717) is 48.2 Å². The summed E-state index contributed by atoms with van der Waals surface area (Å²) in [6.07, 6.45) is 4.16. The Morgan fingerprint density at radius 3 is 2.79 bits per heavy atom. The third kappa shape index (κ3) is 4.96. The molecule has 3 rings (SSSR count). The number of rotatable bonds is 6. The van der Waals surface area contributed by atoms with Gasteiger partial charge in [0.1, 0.15) is 5.82 Å². The molecule has 2 aromatic heterocycles. The van der Waals surface area contributed by atoms with Crippen LogP contribution < -0.4 is 5.32 Å². The molecule has 156 valence electrons. The lowest BCUT2D eigenvalue weighted by Gasteiger charge is -2.32. The van der Waals surface area contributed by atoms with E-state index in [2.05, 4.69) is 25.4 Å². The van der Waals surface area contributed by atoms with E-state index >= 15 is 0 Å². The average molecular weight is 400 g/mol. The van der Waals surface area contributed by atoms with Crippen LogP contribution in [0.1, 0.15) is 78.5 Å². The van der Waals surface area contributed by atoms with Crippen LogP contribution in [0.5, 0.6) is 0 Å². The lowest BCUT2D eigenvalue weighted by atomic mass is 9.96. The molecule has 0 bridgehead atoms. The molecule has 2 aromatic rings. The van der Waals surface area contributed by atoms with E-state index in [4.69, 9.17) is 4.52 Å². The highest BCUT2D eigenvalue weighted by Gasteiger charge is 2.27. The Hall–Kier alpha value is -2.84. The number of hydrogen-bond donors (Lipinski definition) is 1. The molecule has 0 aliphatic carbocycles. The van der Waals surface area contributed by atoms with Gasteiger partial charge in [-0.05, 0) is 19.8 Å². The van der Waals surface area contributed by atoms with E-state index in [0.717, 1.165) is 19.4 Å². The minimum atomic E-state index is -0.198. The number of nitrogens with one attached hydrogen (secondary N) is 1. The number of nitrogens with zero attached hydrogens (tertiary/aromatic N) is 5. The molecule has 0 spiro atoms. The zero-order valence-electron chi connectivity index (χ0n) is 17.4. The number of aromatic nitrogens is 4. The Balaban J connectivity index is 1.60. The molecule has 1 saturated heterocycles. The summed E-state index contributed by atoms with van der Waals surface area (Å²) in [4.78, 5) is 39.6. The Morgan fingerprint density at radius 1 is 1.34 bits per heavy atom. The lowest BCUT2D eigenvalue weighted by Crippen LogP contribution is -2.39. The zero-order chi connectivity index (χ0) is 21.0. The van der Waals surface area contributed by atoms with Crippen molar-refractivity contribution in [3.8, 4) is 0 Å². The van der Waals surface area contributed by atoms with E-state index in [9.17, 15) is 9.59 Å². The Bertz CT molecular complexity index is 879. The highest BCUT2D eigenvalue weighted by Crippen LogP contribution is 2.25. The van der Waals surface area contributed by atoms with Crippen LogP contribution in [-0.2, 0) is 11.2 Å². The standard InChI is InChI=1S/C20H28N6O3/c1-12(2)18-24-16(29-25-18)7-8-17(27)26-9-5-6-14(11-26)19-22-10-15(13(3)23-19)20(28)21-4/h10,12,14H,5-9,11H2,1-4H3,(H,21,28). The minimum Gasteiger partial charge on any atom is -0.355 e. The van der Waals surface area contributed by atoms with Gasteiger partial charge in [0.05, 0.1) is 11.3 Å². The molecular formula is C20H28N6O3. The molecule has 0 saturated carbocycles. The molecule has 1 aliphatic heterocycles. The predicted octanol–water partition coefficient (Wildman–Crippen LogP) is 1.99. The van der Waals surface area contributed by atoms with Gasteiger partial charge in [-0.15, -0.1) is 0 Å². The smallest absolute Gasteiger partial charge is 0.254 e. The second-order valence-corrected chi connectivity index (χ2v) is 7.69. The van der Waals surface area contributed by atoms with Crippen LogP contribution in [0.3, 0.4) is 0 Å². The molecule has 9 nitrogen and oxygen atoms in total. The van der Waals surface area contributed by atoms with Crippen molar-refractivity contribution in [3.63, 3.8) is 0 Å². The van der Waals surface area contributed by atoms with Gasteiger partial charge >= 0.3 is 0 Å². The third-order valence-electron chi connectivity index (χ3n) is 5.16. The molecule has 1 aliphatic rings. The van der Waals surface area contributed by atoms with Crippen molar-refractivity contribution in [2.75, 3.05) is 20.1 Å². The van der Waals surface area contributed by atoms with Crippen molar-refractivity contribution in [1.29, 1.82) is 0 Å². The highest BCUT2D eigenvalue weighted by molar-refractivity contribution is 5.94. The molecule has 29 heavy (non-hydrogen) atoms. The zero-order valence-corrected chi connectivity index (χ0v) is 17.4. The van der Waals surface area contributed by atoms with Crippen LogP contribution in [-0.4, -0.2) is 57.0 Å². The second kappa shape index (κ2) is 9.11. The first-order chi connectivity index (χ1) is 13.9. The van der Waals surface area contributed by atoms with Crippen molar-refractivity contribution in [3.05, 3.63) is 35.0 Å². The summed E-state index contributed by atoms with van der Waals surface area (Å²) in [5.74, 6) is 1.99. The Kier molecular flexibility index (Phi) is 6.56. The van der Waals surface area contributed by atoms with Gasteiger partial charge in [0, 0.05) is 51.0 Å². The lowest BCUT2D eigenvalue weighted by molar-refractivity contribution is -0.132. The largest absolute Gasteiger partial charge is 0.355 e. The number of hydrogen-bond acceptors (Lipinski definition) is 7. The topological polar surface area (TPSA) is 114 Å². The summed E-state index contributed by atoms with van der Waals surface area (Å²) in [6.45, 7) is 7.11. The molecule has 1 atom stereocenters. The molecule has 3 heterocycles. The number of likely N-dealkylation sites (tertiary alicyclic amines) is 1. The van der Waals surface area contributed by atoms with Gasteiger partial charge in [0.15, 0.2) is 5.82 Å². The number of carbonyl (C=O) groups is 2. The molecule has 9 heteroatoms. The van der Waals surface area contributed by atoms with Crippen LogP contribution in [0.25, 0.3) is 0 Å². The second-order valence-electron chi connectivity index (χ2n) is 7.69. The monoisotopic (exact) mass is 400 g/mol. The minimum absolute atomic E-state index is 0.0673. The van der Waals surface area contributed by atoms with Crippen molar-refractivity contribution in [1.82, 2.24) is 30.3 Å². The highest BCUT2D eigenvalue weighted by atomic mass is 16.5. The van der Waals surface area contributed by atoms with Gasteiger partial charge < -0.3 is 14.7 Å². The van der Waals surface area contributed by atoms with Gasteiger partial charge in [-0.2, -0.15) is 4.98 Å². The van der Waals surface area contributed by atoms with Crippen LogP contribution in [0.4, 0.5) is 0 Å². The van der Waals surface area contributed by atoms with Gasteiger partial charge in [0.2, 0.25) is 11.8 Å². The van der Waals surface area contributed by atoms with Gasteiger partial charge in [-0.25, -0.2) is 9.97 Å². The summed E-state index contributed by atoms with van der Waals surface area (Å²) < 4.78 is 5.22. The van der Waals surface area contributed by atoms with E-state index in [1.54, 1.807) is 20.2 Å². The van der Waals surface area contributed by atoms with E-state index < -0.39 is 0 Å². The van der Waals surface area contributed by atoms with Gasteiger partial charge in [0.25, 0.3) is 5.91 Å². The number of carbonyl (C=O) groups excluding carboxylic acids is 2. The molecule has 1 unspecified atom stereocenters. The average Bonchev–Trinajstić information content (AvgIpc) is 3.21. The fraction of sp³-hybridized carbons (Fsp3) is 0.600. The van der Waals surface area contributed by atoms with Crippen LogP contribution in [0.2, 0.25) is 0 Å². The van der Waals surface area contributed by atoms with Crippen LogP contribution in [0, 0.1) is 6.92 Å². The van der Waals surface area contributed by atoms with E-state index in [1.165, 1.54) is 0 Å². The SMILES string of the molecule is CNC(=O)c1cnc(C2CCCN(C(=O)CCc3nc(C(C)C)no3)C2)nc1C. The maximum atomic E-state index is 12.7. The molecule has 1 fully saturated rings. The first-order valence-corrected chi connectivity index (χ1v) is 10.0. The molecular weight excluding hydrogens is 372 g/mol. The van der Waals surface area contributed by atoms with E-state index in [1.807, 2.05) is 18.7 Å². The predicted molar refractivity (Wildman–Crippen MR) is 105 cm³/mol. The fourth-order valence-electron chi connectivity index (χ4n) is 3.43. The maximum Gasteiger partial charge on any atom is 0.254 e.